The molecule has 1 fully saturated rings. The molecule has 1 N–H and O–H groups in total. The van der Waals surface area contributed by atoms with Crippen molar-refractivity contribution in [2.24, 2.45) is 5.92 Å². The Morgan fingerprint density at radius 2 is 1.87 bits per heavy atom. The second-order valence-electron chi connectivity index (χ2n) is 7.74. The molecule has 0 atom stereocenters. The molecule has 31 heavy (non-hydrogen) atoms. The first kappa shape index (κ1) is 21.5. The number of carbonyl (C=O) groups excluding carboxylic acids is 1. The van der Waals surface area contributed by atoms with Gasteiger partial charge in [-0.1, -0.05) is 12.1 Å². The molecule has 2 heterocycles. The second-order valence-corrected chi connectivity index (χ2v) is 9.64. The number of methoxy groups -OCH3 is 1. The molecule has 0 aromatic heterocycles. The van der Waals surface area contributed by atoms with Crippen molar-refractivity contribution >= 4 is 15.9 Å². The van der Waals surface area contributed by atoms with Crippen molar-refractivity contribution in [1.29, 1.82) is 0 Å². The van der Waals surface area contributed by atoms with Gasteiger partial charge in [-0.3, -0.25) is 4.79 Å². The first-order valence-corrected chi connectivity index (χ1v) is 11.6. The molecule has 0 unspecified atom stereocenters. The van der Waals surface area contributed by atoms with Crippen LogP contribution in [0, 0.1) is 12.8 Å². The Bertz CT molecular complexity index is 1080. The Balaban J connectivity index is 1.35. The summed E-state index contributed by atoms with van der Waals surface area (Å²) in [6.45, 7) is 3.02. The number of piperidine rings is 1. The SMILES string of the molecule is COc1ccc(C)cc1S(=O)(=O)N1CCC(C(=O)NCc2ccc3c(c2)OCO3)CC1. The molecule has 0 bridgehead atoms. The Kier molecular flexibility index (Phi) is 6.06. The van der Waals surface area contributed by atoms with E-state index in [1.54, 1.807) is 12.1 Å². The highest BCUT2D eigenvalue weighted by atomic mass is 32.2. The summed E-state index contributed by atoms with van der Waals surface area (Å²) < 4.78 is 43.6. The van der Waals surface area contributed by atoms with Gasteiger partial charge in [-0.25, -0.2) is 8.42 Å². The van der Waals surface area contributed by atoms with E-state index < -0.39 is 10.0 Å². The zero-order valence-corrected chi connectivity index (χ0v) is 18.4. The molecule has 166 valence electrons. The maximum atomic E-state index is 13.1. The van der Waals surface area contributed by atoms with Gasteiger partial charge in [-0.05, 0) is 55.2 Å². The van der Waals surface area contributed by atoms with E-state index in [1.807, 2.05) is 31.2 Å². The van der Waals surface area contributed by atoms with Crippen LogP contribution in [-0.4, -0.2) is 45.6 Å². The normalized spacial score (nSPS) is 16.8. The fourth-order valence-corrected chi connectivity index (χ4v) is 5.58. The number of nitrogens with one attached hydrogen (secondary N) is 1. The van der Waals surface area contributed by atoms with E-state index in [0.717, 1.165) is 11.1 Å². The fraction of sp³-hybridized carbons (Fsp3) is 0.409. The van der Waals surface area contributed by atoms with Crippen LogP contribution in [0.15, 0.2) is 41.3 Å². The zero-order chi connectivity index (χ0) is 22.0. The molecule has 0 spiro atoms. The largest absolute Gasteiger partial charge is 0.495 e. The molecule has 2 aromatic rings. The van der Waals surface area contributed by atoms with Gasteiger partial charge in [0.05, 0.1) is 7.11 Å². The minimum Gasteiger partial charge on any atom is -0.495 e. The van der Waals surface area contributed by atoms with Crippen LogP contribution >= 0.6 is 0 Å². The summed E-state index contributed by atoms with van der Waals surface area (Å²) in [5.41, 5.74) is 1.77. The van der Waals surface area contributed by atoms with Gasteiger partial charge in [0.1, 0.15) is 10.6 Å². The van der Waals surface area contributed by atoms with Gasteiger partial charge < -0.3 is 19.5 Å². The predicted molar refractivity (Wildman–Crippen MR) is 114 cm³/mol. The molecule has 1 amide bonds. The Hall–Kier alpha value is -2.78. The average molecular weight is 447 g/mol. The van der Waals surface area contributed by atoms with E-state index in [0.29, 0.717) is 49.7 Å². The van der Waals surface area contributed by atoms with Gasteiger partial charge in [0, 0.05) is 25.6 Å². The van der Waals surface area contributed by atoms with Crippen molar-refractivity contribution in [1.82, 2.24) is 9.62 Å². The number of carbonyl (C=O) groups is 1. The third kappa shape index (κ3) is 4.47. The molecule has 8 nitrogen and oxygen atoms in total. The van der Waals surface area contributed by atoms with E-state index in [1.165, 1.54) is 11.4 Å². The van der Waals surface area contributed by atoms with E-state index in [4.69, 9.17) is 14.2 Å². The number of ether oxygens (including phenoxy) is 3. The Morgan fingerprint density at radius 3 is 2.61 bits per heavy atom. The molecule has 0 aliphatic carbocycles. The summed E-state index contributed by atoms with van der Waals surface area (Å²) in [5, 5.41) is 2.95. The third-order valence-electron chi connectivity index (χ3n) is 5.67. The van der Waals surface area contributed by atoms with Crippen molar-refractivity contribution in [3.63, 3.8) is 0 Å². The second kappa shape index (κ2) is 8.76. The zero-order valence-electron chi connectivity index (χ0n) is 17.6. The van der Waals surface area contributed by atoms with Crippen LogP contribution in [0.2, 0.25) is 0 Å². The molecule has 2 aliphatic rings. The summed E-state index contributed by atoms with van der Waals surface area (Å²) in [4.78, 5) is 12.8. The van der Waals surface area contributed by atoms with Gasteiger partial charge in [0.2, 0.25) is 22.7 Å². The lowest BCUT2D eigenvalue weighted by atomic mass is 9.97. The monoisotopic (exact) mass is 446 g/mol. The Morgan fingerprint density at radius 1 is 1.13 bits per heavy atom. The summed E-state index contributed by atoms with van der Waals surface area (Å²) in [6, 6.07) is 10.7. The summed E-state index contributed by atoms with van der Waals surface area (Å²) in [6.07, 6.45) is 0.945. The number of hydrogen-bond acceptors (Lipinski definition) is 6. The maximum Gasteiger partial charge on any atom is 0.246 e. The number of aryl methyl sites for hydroxylation is 1. The van der Waals surface area contributed by atoms with E-state index >= 15 is 0 Å². The lowest BCUT2D eigenvalue weighted by molar-refractivity contribution is -0.126. The number of amides is 1. The fourth-order valence-electron chi connectivity index (χ4n) is 3.87. The van der Waals surface area contributed by atoms with Crippen LogP contribution in [0.4, 0.5) is 0 Å². The maximum absolute atomic E-state index is 13.1. The topological polar surface area (TPSA) is 94.2 Å². The number of sulfonamides is 1. The standard InChI is InChI=1S/C22H26N2O6S/c1-15-3-5-19(28-2)21(11-15)31(26,27)24-9-7-17(8-10-24)22(25)23-13-16-4-6-18-20(12-16)30-14-29-18/h3-6,11-12,17H,7-10,13-14H2,1-2H3,(H,23,25). The molecule has 2 aliphatic heterocycles. The molecule has 2 aromatic carbocycles. The van der Waals surface area contributed by atoms with Crippen LogP contribution < -0.4 is 19.5 Å². The summed E-state index contributed by atoms with van der Waals surface area (Å²) in [5.74, 6) is 1.42. The van der Waals surface area contributed by atoms with Gasteiger partial charge in [-0.2, -0.15) is 4.31 Å². The first-order valence-electron chi connectivity index (χ1n) is 10.2. The predicted octanol–water partition coefficient (Wildman–Crippen LogP) is 2.45. The van der Waals surface area contributed by atoms with Gasteiger partial charge in [-0.15, -0.1) is 0 Å². The Labute approximate surface area is 182 Å². The number of benzene rings is 2. The van der Waals surface area contributed by atoms with Crippen molar-refractivity contribution in [2.45, 2.75) is 31.2 Å². The molecule has 0 saturated carbocycles. The quantitative estimate of drug-likeness (QED) is 0.733. The third-order valence-corrected chi connectivity index (χ3v) is 7.59. The molecule has 1 saturated heterocycles. The van der Waals surface area contributed by atoms with Crippen LogP contribution in [0.25, 0.3) is 0 Å². The lowest BCUT2D eigenvalue weighted by Crippen LogP contribution is -2.42. The molecule has 4 rings (SSSR count). The highest BCUT2D eigenvalue weighted by Gasteiger charge is 2.33. The van der Waals surface area contributed by atoms with Crippen LogP contribution in [0.1, 0.15) is 24.0 Å². The number of nitrogens with zero attached hydrogens (tertiary/aromatic N) is 1. The van der Waals surface area contributed by atoms with Crippen LogP contribution in [0.5, 0.6) is 17.2 Å². The molecular formula is C22H26N2O6S. The van der Waals surface area contributed by atoms with Crippen molar-refractivity contribution < 1.29 is 27.4 Å². The number of rotatable bonds is 6. The van der Waals surface area contributed by atoms with E-state index in [-0.39, 0.29) is 23.5 Å². The first-order chi connectivity index (χ1) is 14.9. The van der Waals surface area contributed by atoms with E-state index in [2.05, 4.69) is 5.32 Å². The van der Waals surface area contributed by atoms with Crippen molar-refractivity contribution in [2.75, 3.05) is 27.0 Å². The lowest BCUT2D eigenvalue weighted by Gasteiger charge is -2.31. The van der Waals surface area contributed by atoms with Crippen LogP contribution in [-0.2, 0) is 21.4 Å². The van der Waals surface area contributed by atoms with Gasteiger partial charge in [0.15, 0.2) is 11.5 Å². The number of fused-ring (bicyclic) bond motifs is 1. The minimum atomic E-state index is -3.69. The minimum absolute atomic E-state index is 0.0668. The molecular weight excluding hydrogens is 420 g/mol. The number of hydrogen-bond donors (Lipinski definition) is 1. The van der Waals surface area contributed by atoms with Gasteiger partial charge >= 0.3 is 0 Å². The van der Waals surface area contributed by atoms with Gasteiger partial charge in [0.25, 0.3) is 0 Å². The molecule has 0 radical (unpaired) electrons. The summed E-state index contributed by atoms with van der Waals surface area (Å²) in [7, 11) is -2.23. The average Bonchev–Trinajstić information content (AvgIpc) is 3.25. The highest BCUT2D eigenvalue weighted by Crippen LogP contribution is 2.33. The van der Waals surface area contributed by atoms with E-state index in [9.17, 15) is 13.2 Å². The van der Waals surface area contributed by atoms with Crippen LogP contribution in [0.3, 0.4) is 0 Å². The molecule has 9 heteroatoms. The van der Waals surface area contributed by atoms with Crippen molar-refractivity contribution in [3.8, 4) is 17.2 Å². The summed E-state index contributed by atoms with van der Waals surface area (Å²) >= 11 is 0. The highest BCUT2D eigenvalue weighted by molar-refractivity contribution is 7.89. The van der Waals surface area contributed by atoms with Crippen molar-refractivity contribution in [3.05, 3.63) is 47.5 Å². The smallest absolute Gasteiger partial charge is 0.246 e.